The fourth-order valence-electron chi connectivity index (χ4n) is 4.28. The molecule has 0 saturated carbocycles. The number of benzene rings is 2. The molecule has 0 radical (unpaired) electrons. The number of alkyl halides is 3. The molecule has 37 heavy (non-hydrogen) atoms. The summed E-state index contributed by atoms with van der Waals surface area (Å²) in [6.07, 6.45) is -3.65. The topological polar surface area (TPSA) is 69.3 Å². The number of rotatable bonds is 5. The quantitative estimate of drug-likeness (QED) is 0.323. The highest BCUT2D eigenvalue weighted by atomic mass is 19.4. The van der Waals surface area contributed by atoms with Crippen LogP contribution in [0.5, 0.6) is 11.6 Å². The molecule has 2 aromatic carbocycles. The number of ether oxygens (including phenoxy) is 1. The first kappa shape index (κ1) is 24.8. The average Bonchev–Trinajstić information content (AvgIpc) is 3.24. The van der Waals surface area contributed by atoms with Crippen LogP contribution in [0.3, 0.4) is 0 Å². The van der Waals surface area contributed by atoms with Crippen LogP contribution < -0.4 is 15.0 Å². The molecule has 1 aliphatic heterocycles. The number of nitrogens with one attached hydrogen (secondary N) is 2. The molecule has 1 aliphatic rings. The van der Waals surface area contributed by atoms with Crippen LogP contribution in [-0.2, 0) is 6.18 Å². The number of fused-ring (bicyclic) bond motifs is 1. The van der Waals surface area contributed by atoms with E-state index in [1.54, 1.807) is 24.0 Å². The van der Waals surface area contributed by atoms with E-state index in [1.807, 2.05) is 11.9 Å². The summed E-state index contributed by atoms with van der Waals surface area (Å²) < 4.78 is 77.1. The van der Waals surface area contributed by atoms with Crippen molar-refractivity contribution in [3.63, 3.8) is 0 Å². The molecule has 3 heterocycles. The van der Waals surface area contributed by atoms with Crippen molar-refractivity contribution in [2.75, 3.05) is 43.4 Å². The van der Waals surface area contributed by atoms with E-state index in [2.05, 4.69) is 20.3 Å². The molecular formula is C25H23F5N6O. The minimum Gasteiger partial charge on any atom is -0.433 e. The molecule has 2 N–H and O–H groups in total. The van der Waals surface area contributed by atoms with Crippen LogP contribution in [0.1, 0.15) is 11.3 Å². The monoisotopic (exact) mass is 518 g/mol. The van der Waals surface area contributed by atoms with Crippen LogP contribution in [0, 0.1) is 18.6 Å². The first-order chi connectivity index (χ1) is 17.6. The number of anilines is 3. The van der Waals surface area contributed by atoms with Crippen molar-refractivity contribution in [3.8, 4) is 11.6 Å². The van der Waals surface area contributed by atoms with Crippen LogP contribution in [0.2, 0.25) is 0 Å². The van der Waals surface area contributed by atoms with Crippen molar-refractivity contribution in [2.45, 2.75) is 13.1 Å². The Hall–Kier alpha value is -3.93. The lowest BCUT2D eigenvalue weighted by Gasteiger charge is -2.35. The molecule has 12 heteroatoms. The average molecular weight is 518 g/mol. The maximum absolute atomic E-state index is 15.2. The number of H-pyrrole nitrogens is 1. The second-order valence-electron chi connectivity index (χ2n) is 8.88. The van der Waals surface area contributed by atoms with E-state index in [4.69, 9.17) is 4.74 Å². The van der Waals surface area contributed by atoms with E-state index in [9.17, 15) is 17.6 Å². The van der Waals surface area contributed by atoms with Crippen LogP contribution in [0.15, 0.2) is 42.7 Å². The van der Waals surface area contributed by atoms with Crippen molar-refractivity contribution < 1.29 is 26.7 Å². The van der Waals surface area contributed by atoms with Crippen molar-refractivity contribution in [2.24, 2.45) is 0 Å². The van der Waals surface area contributed by atoms with Crippen LogP contribution >= 0.6 is 0 Å². The van der Waals surface area contributed by atoms with E-state index in [-0.39, 0.29) is 22.5 Å². The Morgan fingerprint density at radius 2 is 1.73 bits per heavy atom. The Morgan fingerprint density at radius 1 is 0.973 bits per heavy atom. The number of aromatic amines is 1. The second kappa shape index (κ2) is 9.51. The Bertz CT molecular complexity index is 1450. The van der Waals surface area contributed by atoms with Crippen LogP contribution in [-0.4, -0.2) is 53.1 Å². The number of likely N-dealkylation sites (N-methyl/N-ethyl adjacent to an activating group) is 1. The zero-order valence-electron chi connectivity index (χ0n) is 20.0. The molecule has 1 saturated heterocycles. The highest BCUT2D eigenvalue weighted by Crippen LogP contribution is 2.39. The first-order valence-electron chi connectivity index (χ1n) is 11.5. The molecule has 1 fully saturated rings. The van der Waals surface area contributed by atoms with Gasteiger partial charge in [0.1, 0.15) is 6.33 Å². The van der Waals surface area contributed by atoms with Gasteiger partial charge in [-0.05, 0) is 50.4 Å². The second-order valence-corrected chi connectivity index (χ2v) is 8.88. The summed E-state index contributed by atoms with van der Waals surface area (Å²) >= 11 is 0. The van der Waals surface area contributed by atoms with Crippen molar-refractivity contribution in [1.29, 1.82) is 0 Å². The summed E-state index contributed by atoms with van der Waals surface area (Å²) in [5, 5.41) is 2.83. The number of aryl methyl sites for hydroxylation is 1. The van der Waals surface area contributed by atoms with Gasteiger partial charge in [-0.15, -0.1) is 0 Å². The van der Waals surface area contributed by atoms with Gasteiger partial charge in [0, 0.05) is 54.2 Å². The van der Waals surface area contributed by atoms with Crippen molar-refractivity contribution >= 4 is 28.1 Å². The smallest absolute Gasteiger partial charge is 0.418 e. The predicted octanol–water partition coefficient (Wildman–Crippen LogP) is 5.85. The fraction of sp³-hybridized carbons (Fsp3) is 0.280. The Morgan fingerprint density at radius 3 is 2.46 bits per heavy atom. The fourth-order valence-corrected chi connectivity index (χ4v) is 4.28. The zero-order chi connectivity index (χ0) is 26.3. The van der Waals surface area contributed by atoms with Gasteiger partial charge in [0.15, 0.2) is 17.4 Å². The number of nitrogens with zero attached hydrogens (tertiary/aromatic N) is 4. The lowest BCUT2D eigenvalue weighted by Crippen LogP contribution is -2.45. The highest BCUT2D eigenvalue weighted by Gasteiger charge is 2.36. The van der Waals surface area contributed by atoms with Gasteiger partial charge in [0.25, 0.3) is 5.88 Å². The molecule has 0 bridgehead atoms. The SMILES string of the molecule is Cc1cc2c(F)c(Oc3ncnc(Nc4ccc(N5CCN(C)CC5)c(C(F)(F)F)c4)c3F)ccc2[nH]1. The molecule has 7 nitrogen and oxygen atoms in total. The van der Waals surface area contributed by atoms with Crippen LogP contribution in [0.4, 0.5) is 39.1 Å². The highest BCUT2D eigenvalue weighted by molar-refractivity contribution is 5.82. The van der Waals surface area contributed by atoms with Gasteiger partial charge in [-0.3, -0.25) is 0 Å². The van der Waals surface area contributed by atoms with Crippen molar-refractivity contribution in [3.05, 3.63) is 65.6 Å². The molecule has 2 aromatic heterocycles. The molecule has 4 aromatic rings. The lowest BCUT2D eigenvalue weighted by atomic mass is 10.1. The third-order valence-electron chi connectivity index (χ3n) is 6.21. The predicted molar refractivity (Wildman–Crippen MR) is 129 cm³/mol. The molecule has 0 aliphatic carbocycles. The molecule has 0 amide bonds. The third kappa shape index (κ3) is 5.01. The van der Waals surface area contributed by atoms with Gasteiger partial charge in [-0.1, -0.05) is 0 Å². The number of halogens is 5. The van der Waals surface area contributed by atoms with E-state index in [0.29, 0.717) is 31.7 Å². The summed E-state index contributed by atoms with van der Waals surface area (Å²) in [5.41, 5.74) is 0.481. The maximum Gasteiger partial charge on any atom is 0.418 e. The molecule has 0 atom stereocenters. The van der Waals surface area contributed by atoms with Gasteiger partial charge in [0.2, 0.25) is 5.82 Å². The van der Waals surface area contributed by atoms with Crippen LogP contribution in [0.25, 0.3) is 10.9 Å². The minimum absolute atomic E-state index is 0.0239. The molecule has 5 rings (SSSR count). The van der Waals surface area contributed by atoms with Gasteiger partial charge in [0.05, 0.1) is 5.56 Å². The Labute approximate surface area is 208 Å². The summed E-state index contributed by atoms with van der Waals surface area (Å²) in [4.78, 5) is 14.2. The van der Waals surface area contributed by atoms with Crippen molar-refractivity contribution in [1.82, 2.24) is 19.9 Å². The Balaban J connectivity index is 1.42. The lowest BCUT2D eigenvalue weighted by molar-refractivity contribution is -0.137. The number of piperazine rings is 1. The summed E-state index contributed by atoms with van der Waals surface area (Å²) in [7, 11) is 1.91. The normalized spacial score (nSPS) is 14.8. The van der Waals surface area contributed by atoms with Gasteiger partial charge in [-0.25, -0.2) is 9.37 Å². The standard InChI is InChI=1S/C25H23F5N6O/c1-14-11-16-18(33-14)4-6-20(21(16)26)37-24-22(27)23(31-13-32-24)34-15-3-5-19(17(12-15)25(28,29)30)36-9-7-35(2)8-10-36/h3-6,11-13,33H,7-10H2,1-2H3,(H,31,32,34). The third-order valence-corrected chi connectivity index (χ3v) is 6.21. The van der Waals surface area contributed by atoms with E-state index in [0.717, 1.165) is 18.1 Å². The summed E-state index contributed by atoms with van der Waals surface area (Å²) in [6, 6.07) is 8.19. The molecule has 0 unspecified atom stereocenters. The number of hydrogen-bond acceptors (Lipinski definition) is 6. The maximum atomic E-state index is 15.2. The first-order valence-corrected chi connectivity index (χ1v) is 11.5. The van der Waals surface area contributed by atoms with E-state index in [1.165, 1.54) is 18.2 Å². The van der Waals surface area contributed by atoms with E-state index < -0.39 is 35.1 Å². The number of hydrogen-bond donors (Lipinski definition) is 2. The largest absolute Gasteiger partial charge is 0.433 e. The van der Waals surface area contributed by atoms with E-state index >= 15 is 4.39 Å². The molecule has 194 valence electrons. The van der Waals surface area contributed by atoms with Gasteiger partial charge >= 0.3 is 6.18 Å². The zero-order valence-corrected chi connectivity index (χ0v) is 20.0. The molecule has 0 spiro atoms. The number of aromatic nitrogens is 3. The van der Waals surface area contributed by atoms with Gasteiger partial charge < -0.3 is 24.8 Å². The molecular weight excluding hydrogens is 495 g/mol. The summed E-state index contributed by atoms with van der Waals surface area (Å²) in [5.74, 6) is -3.03. The summed E-state index contributed by atoms with van der Waals surface area (Å²) in [6.45, 7) is 3.97. The minimum atomic E-state index is -4.62. The Kier molecular flexibility index (Phi) is 6.36. The van der Waals surface area contributed by atoms with Gasteiger partial charge in [-0.2, -0.15) is 22.5 Å².